The Hall–Kier alpha value is -1.02. The first kappa shape index (κ1) is 10.5. The van der Waals surface area contributed by atoms with Gasteiger partial charge in [-0.1, -0.05) is 19.1 Å². The molecule has 0 spiro atoms. The Bertz CT molecular complexity index is 316. The highest BCUT2D eigenvalue weighted by Crippen LogP contribution is 2.26. The molecular formula is C13H20N2. The number of hydrogen-bond acceptors (Lipinski definition) is 2. The minimum atomic E-state index is 0.915. The monoisotopic (exact) mass is 204 g/mol. The van der Waals surface area contributed by atoms with Crippen LogP contribution in [0.5, 0.6) is 0 Å². The smallest absolute Gasteiger partial charge is 0.0369 e. The van der Waals surface area contributed by atoms with Crippen LogP contribution in [0.15, 0.2) is 24.3 Å². The molecule has 0 radical (unpaired) electrons. The van der Waals surface area contributed by atoms with Crippen LogP contribution in [0.4, 0.5) is 5.69 Å². The molecule has 2 rings (SSSR count). The Morgan fingerprint density at radius 1 is 1.40 bits per heavy atom. The third kappa shape index (κ3) is 2.32. The van der Waals surface area contributed by atoms with E-state index in [-0.39, 0.29) is 0 Å². The van der Waals surface area contributed by atoms with Gasteiger partial charge in [0.05, 0.1) is 0 Å². The summed E-state index contributed by atoms with van der Waals surface area (Å²) in [6.45, 7) is 5.71. The van der Waals surface area contributed by atoms with E-state index in [2.05, 4.69) is 41.4 Å². The standard InChI is InChI=1S/C13H20N2/c1-3-11-9-15(10-11)13-6-4-5-12(7-13)8-14-2/h4-7,11,14H,3,8-10H2,1-2H3. The van der Waals surface area contributed by atoms with Gasteiger partial charge in [-0.15, -0.1) is 0 Å². The predicted octanol–water partition coefficient (Wildman–Crippen LogP) is 2.25. The highest BCUT2D eigenvalue weighted by atomic mass is 15.2. The lowest BCUT2D eigenvalue weighted by atomic mass is 9.96. The average Bonchev–Trinajstić information content (AvgIpc) is 2.17. The largest absolute Gasteiger partial charge is 0.371 e. The maximum Gasteiger partial charge on any atom is 0.0369 e. The molecule has 1 aromatic carbocycles. The lowest BCUT2D eigenvalue weighted by Gasteiger charge is -2.41. The van der Waals surface area contributed by atoms with Gasteiger partial charge in [0.2, 0.25) is 0 Å². The molecular weight excluding hydrogens is 184 g/mol. The van der Waals surface area contributed by atoms with E-state index in [0.717, 1.165) is 12.5 Å². The van der Waals surface area contributed by atoms with Gasteiger partial charge in [-0.2, -0.15) is 0 Å². The fraction of sp³-hybridized carbons (Fsp3) is 0.538. The summed E-state index contributed by atoms with van der Waals surface area (Å²) in [5.74, 6) is 0.915. The molecule has 0 unspecified atom stereocenters. The van der Waals surface area contributed by atoms with E-state index >= 15 is 0 Å². The lowest BCUT2D eigenvalue weighted by molar-refractivity contribution is 0.399. The van der Waals surface area contributed by atoms with Crippen molar-refractivity contribution in [3.05, 3.63) is 29.8 Å². The molecule has 82 valence electrons. The molecule has 1 fully saturated rings. The maximum absolute atomic E-state index is 3.19. The van der Waals surface area contributed by atoms with Crippen LogP contribution in [-0.4, -0.2) is 20.1 Å². The summed E-state index contributed by atoms with van der Waals surface area (Å²) in [6, 6.07) is 8.84. The van der Waals surface area contributed by atoms with Gasteiger partial charge >= 0.3 is 0 Å². The molecule has 2 nitrogen and oxygen atoms in total. The Labute approximate surface area is 92.3 Å². The molecule has 0 saturated carbocycles. The van der Waals surface area contributed by atoms with E-state index in [1.54, 1.807) is 0 Å². The van der Waals surface area contributed by atoms with Crippen molar-refractivity contribution < 1.29 is 0 Å². The van der Waals surface area contributed by atoms with Crippen LogP contribution in [-0.2, 0) is 6.54 Å². The van der Waals surface area contributed by atoms with E-state index in [0.29, 0.717) is 0 Å². The first-order chi connectivity index (χ1) is 7.33. The SMILES string of the molecule is CCC1CN(c2cccc(CNC)c2)C1. The summed E-state index contributed by atoms with van der Waals surface area (Å²) in [6.07, 6.45) is 1.31. The first-order valence-electron chi connectivity index (χ1n) is 5.82. The lowest BCUT2D eigenvalue weighted by Crippen LogP contribution is -2.46. The number of anilines is 1. The van der Waals surface area contributed by atoms with Crippen molar-refractivity contribution in [3.63, 3.8) is 0 Å². The molecule has 1 aliphatic heterocycles. The molecule has 0 amide bonds. The first-order valence-corrected chi connectivity index (χ1v) is 5.82. The number of hydrogen-bond donors (Lipinski definition) is 1. The summed E-state index contributed by atoms with van der Waals surface area (Å²) in [7, 11) is 1.99. The Morgan fingerprint density at radius 3 is 2.87 bits per heavy atom. The molecule has 1 heterocycles. The molecule has 0 aromatic heterocycles. The molecule has 1 saturated heterocycles. The minimum absolute atomic E-state index is 0.915. The Balaban J connectivity index is 2.00. The van der Waals surface area contributed by atoms with Crippen LogP contribution in [0.3, 0.4) is 0 Å². The normalized spacial score (nSPS) is 16.5. The molecule has 2 heteroatoms. The average molecular weight is 204 g/mol. The topological polar surface area (TPSA) is 15.3 Å². The zero-order chi connectivity index (χ0) is 10.7. The van der Waals surface area contributed by atoms with E-state index in [1.165, 1.54) is 30.8 Å². The van der Waals surface area contributed by atoms with Crippen LogP contribution in [0.2, 0.25) is 0 Å². The quantitative estimate of drug-likeness (QED) is 0.809. The summed E-state index contributed by atoms with van der Waals surface area (Å²) < 4.78 is 0. The van der Waals surface area contributed by atoms with Crippen molar-refractivity contribution in [2.45, 2.75) is 19.9 Å². The van der Waals surface area contributed by atoms with E-state index in [9.17, 15) is 0 Å². The van der Waals surface area contributed by atoms with Gasteiger partial charge in [-0.3, -0.25) is 0 Å². The van der Waals surface area contributed by atoms with E-state index in [1.807, 2.05) is 7.05 Å². The van der Waals surface area contributed by atoms with Gasteiger partial charge in [-0.05, 0) is 37.1 Å². The van der Waals surface area contributed by atoms with Gasteiger partial charge in [0.25, 0.3) is 0 Å². The van der Waals surface area contributed by atoms with Crippen LogP contribution in [0.25, 0.3) is 0 Å². The molecule has 1 aliphatic rings. The van der Waals surface area contributed by atoms with Gasteiger partial charge < -0.3 is 10.2 Å². The van der Waals surface area contributed by atoms with Crippen molar-refractivity contribution in [1.29, 1.82) is 0 Å². The Kier molecular flexibility index (Phi) is 3.27. The van der Waals surface area contributed by atoms with Crippen molar-refractivity contribution >= 4 is 5.69 Å². The van der Waals surface area contributed by atoms with Crippen molar-refractivity contribution in [1.82, 2.24) is 5.32 Å². The van der Waals surface area contributed by atoms with Gasteiger partial charge in [0, 0.05) is 25.3 Å². The second kappa shape index (κ2) is 4.67. The second-order valence-electron chi connectivity index (χ2n) is 4.38. The number of benzene rings is 1. The third-order valence-electron chi connectivity index (χ3n) is 3.19. The van der Waals surface area contributed by atoms with Crippen molar-refractivity contribution in [3.8, 4) is 0 Å². The highest BCUT2D eigenvalue weighted by Gasteiger charge is 2.24. The molecule has 1 aromatic rings. The van der Waals surface area contributed by atoms with Gasteiger partial charge in [0.15, 0.2) is 0 Å². The van der Waals surface area contributed by atoms with E-state index < -0.39 is 0 Å². The van der Waals surface area contributed by atoms with Gasteiger partial charge in [-0.25, -0.2) is 0 Å². The van der Waals surface area contributed by atoms with Crippen LogP contribution < -0.4 is 10.2 Å². The molecule has 0 atom stereocenters. The molecule has 15 heavy (non-hydrogen) atoms. The van der Waals surface area contributed by atoms with Crippen LogP contribution in [0, 0.1) is 5.92 Å². The molecule has 0 bridgehead atoms. The summed E-state index contributed by atoms with van der Waals surface area (Å²) in [5, 5.41) is 3.19. The zero-order valence-electron chi connectivity index (χ0n) is 9.66. The van der Waals surface area contributed by atoms with Crippen LogP contribution >= 0.6 is 0 Å². The molecule has 0 aliphatic carbocycles. The minimum Gasteiger partial charge on any atom is -0.371 e. The Morgan fingerprint density at radius 2 is 2.20 bits per heavy atom. The second-order valence-corrected chi connectivity index (χ2v) is 4.38. The molecule has 1 N–H and O–H groups in total. The summed E-state index contributed by atoms with van der Waals surface area (Å²) in [5.41, 5.74) is 2.75. The fourth-order valence-corrected chi connectivity index (χ4v) is 2.11. The predicted molar refractivity (Wildman–Crippen MR) is 65.2 cm³/mol. The van der Waals surface area contributed by atoms with Crippen molar-refractivity contribution in [2.75, 3.05) is 25.0 Å². The van der Waals surface area contributed by atoms with Crippen LogP contribution in [0.1, 0.15) is 18.9 Å². The van der Waals surface area contributed by atoms with E-state index in [4.69, 9.17) is 0 Å². The number of rotatable bonds is 4. The third-order valence-corrected chi connectivity index (χ3v) is 3.19. The highest BCUT2D eigenvalue weighted by molar-refractivity contribution is 5.50. The maximum atomic E-state index is 3.19. The van der Waals surface area contributed by atoms with Crippen molar-refractivity contribution in [2.24, 2.45) is 5.92 Å². The summed E-state index contributed by atoms with van der Waals surface area (Å²) in [4.78, 5) is 2.47. The zero-order valence-corrected chi connectivity index (χ0v) is 9.66. The summed E-state index contributed by atoms with van der Waals surface area (Å²) >= 11 is 0. The number of nitrogens with one attached hydrogen (secondary N) is 1. The fourth-order valence-electron chi connectivity index (χ4n) is 2.11. The number of nitrogens with zero attached hydrogens (tertiary/aromatic N) is 1. The van der Waals surface area contributed by atoms with Gasteiger partial charge in [0.1, 0.15) is 0 Å².